The Kier molecular flexibility index (Phi) is 8.77. The molecule has 0 aliphatic heterocycles. The molecule has 2 nitrogen and oxygen atoms in total. The molecule has 4 aromatic rings. The molecule has 166 valence electrons. The van der Waals surface area contributed by atoms with Gasteiger partial charge in [-0.05, 0) is 55.8 Å². The lowest BCUT2D eigenvalue weighted by atomic mass is 10.1. The van der Waals surface area contributed by atoms with Crippen molar-refractivity contribution < 1.29 is 17.0 Å². The van der Waals surface area contributed by atoms with Gasteiger partial charge in [0, 0.05) is 0 Å². The van der Waals surface area contributed by atoms with Crippen molar-refractivity contribution in [2.45, 2.75) is 13.8 Å². The summed E-state index contributed by atoms with van der Waals surface area (Å²) >= 11 is 0. The van der Waals surface area contributed by atoms with Crippen LogP contribution in [0.5, 0.6) is 0 Å². The topological polar surface area (TPSA) is 24.4 Å². The van der Waals surface area contributed by atoms with E-state index in [1.54, 1.807) is 0 Å². The fourth-order valence-electron chi connectivity index (χ4n) is 3.90. The molecule has 0 fully saturated rings. The van der Waals surface area contributed by atoms with E-state index >= 15 is 0 Å². The maximum absolute atomic E-state index is 4.68. The van der Waals surface area contributed by atoms with E-state index in [0.717, 1.165) is 17.0 Å². The molecule has 4 rings (SSSR count). The molecule has 0 unspecified atom stereocenters. The Morgan fingerprint density at radius 1 is 0.606 bits per heavy atom. The molecule has 0 amide bonds. The Morgan fingerprint density at radius 2 is 0.970 bits per heavy atom. The van der Waals surface area contributed by atoms with Crippen LogP contribution in [0.1, 0.15) is 19.4 Å². The molecule has 33 heavy (non-hydrogen) atoms. The van der Waals surface area contributed by atoms with E-state index in [2.05, 4.69) is 126 Å². The van der Waals surface area contributed by atoms with E-state index in [4.69, 9.17) is 0 Å². The Morgan fingerprint density at radius 3 is 1.36 bits per heavy atom. The predicted octanol–water partition coefficient (Wildman–Crippen LogP) is 2.86. The SMILES string of the molecule is CC(=C[P+](c1ccccc1)(c1ccccc1)c1ccccc1)N/N=C(\C)c1ccccc1.[Br-]. The molecule has 0 spiro atoms. The third-order valence-electron chi connectivity index (χ3n) is 5.47. The van der Waals surface area contributed by atoms with Crippen molar-refractivity contribution in [2.75, 3.05) is 0 Å². The first-order valence-corrected chi connectivity index (χ1v) is 12.7. The lowest BCUT2D eigenvalue weighted by Crippen LogP contribution is -3.00. The molecule has 0 heterocycles. The highest BCUT2D eigenvalue weighted by atomic mass is 79.9. The molecule has 4 heteroatoms. The zero-order valence-corrected chi connectivity index (χ0v) is 21.4. The number of hydrogen-bond acceptors (Lipinski definition) is 2. The summed E-state index contributed by atoms with van der Waals surface area (Å²) in [6.45, 7) is 4.13. The van der Waals surface area contributed by atoms with Crippen molar-refractivity contribution >= 4 is 28.9 Å². The van der Waals surface area contributed by atoms with Gasteiger partial charge in [0.15, 0.2) is 0 Å². The van der Waals surface area contributed by atoms with Crippen molar-refractivity contribution in [1.82, 2.24) is 5.43 Å². The van der Waals surface area contributed by atoms with Crippen LogP contribution in [0.3, 0.4) is 0 Å². The highest BCUT2D eigenvalue weighted by molar-refractivity contribution is 7.98. The highest BCUT2D eigenvalue weighted by Crippen LogP contribution is 2.57. The number of benzene rings is 4. The van der Waals surface area contributed by atoms with Gasteiger partial charge in [-0.25, -0.2) is 0 Å². The summed E-state index contributed by atoms with van der Waals surface area (Å²) in [5.41, 5.74) is 6.43. The minimum Gasteiger partial charge on any atom is -1.00 e. The fraction of sp³-hybridized carbons (Fsp3) is 0.0690. The molecule has 0 radical (unpaired) electrons. The largest absolute Gasteiger partial charge is 1.00 e. The maximum Gasteiger partial charge on any atom is 0.138 e. The second kappa shape index (κ2) is 11.7. The average Bonchev–Trinajstić information content (AvgIpc) is 2.88. The number of rotatable bonds is 7. The Balaban J connectivity index is 0.00000306. The second-order valence-electron chi connectivity index (χ2n) is 7.72. The van der Waals surface area contributed by atoms with Crippen LogP contribution in [0.15, 0.2) is 138 Å². The molecule has 0 aliphatic carbocycles. The van der Waals surface area contributed by atoms with Gasteiger partial charge in [-0.15, -0.1) is 0 Å². The predicted molar refractivity (Wildman–Crippen MR) is 141 cm³/mol. The standard InChI is InChI=1S/C29H28N2P.BrH/c1-24(30-31-25(2)26-15-7-3-8-16-26)23-32(27-17-9-4-10-18-27,28-19-11-5-12-20-28)29-21-13-6-14-22-29;/h3-23,30H,1-2H3;1H/q+1;/p-1/b24-23?,31-25+;. The van der Waals surface area contributed by atoms with Crippen molar-refractivity contribution in [1.29, 1.82) is 0 Å². The van der Waals surface area contributed by atoms with Gasteiger partial charge in [0.1, 0.15) is 23.2 Å². The Bertz CT molecular complexity index is 1090. The van der Waals surface area contributed by atoms with Gasteiger partial charge in [-0.2, -0.15) is 5.10 Å². The summed E-state index contributed by atoms with van der Waals surface area (Å²) in [5.74, 6) is 2.40. The number of hydrazone groups is 1. The highest BCUT2D eigenvalue weighted by Gasteiger charge is 2.43. The van der Waals surface area contributed by atoms with Crippen LogP contribution in [0, 0.1) is 0 Å². The summed E-state index contributed by atoms with van der Waals surface area (Å²) in [4.78, 5) is 0. The van der Waals surface area contributed by atoms with Crippen molar-refractivity contribution in [3.05, 3.63) is 138 Å². The first-order valence-electron chi connectivity index (χ1n) is 10.8. The van der Waals surface area contributed by atoms with E-state index in [9.17, 15) is 0 Å². The molecule has 0 atom stereocenters. The van der Waals surface area contributed by atoms with Gasteiger partial charge in [0.05, 0.1) is 17.2 Å². The Hall–Kier alpha value is -3.00. The van der Waals surface area contributed by atoms with Gasteiger partial charge < -0.3 is 17.0 Å². The smallest absolute Gasteiger partial charge is 0.138 e. The number of hydrogen-bond donors (Lipinski definition) is 1. The third kappa shape index (κ3) is 5.68. The lowest BCUT2D eigenvalue weighted by Gasteiger charge is -2.24. The lowest BCUT2D eigenvalue weighted by molar-refractivity contribution is -0.00000642. The summed E-state index contributed by atoms with van der Waals surface area (Å²) < 4.78 is 0. The molecule has 0 saturated heterocycles. The first-order chi connectivity index (χ1) is 15.7. The molecular weight excluding hydrogens is 487 g/mol. The van der Waals surface area contributed by atoms with E-state index in [-0.39, 0.29) is 17.0 Å². The number of halogens is 1. The van der Waals surface area contributed by atoms with Crippen LogP contribution in [0.2, 0.25) is 0 Å². The minimum atomic E-state index is -2.04. The van der Waals surface area contributed by atoms with Crippen LogP contribution < -0.4 is 38.3 Å². The van der Waals surface area contributed by atoms with Crippen LogP contribution in [0.25, 0.3) is 0 Å². The fourth-order valence-corrected chi connectivity index (χ4v) is 7.80. The first kappa shape index (κ1) is 24.6. The summed E-state index contributed by atoms with van der Waals surface area (Å²) in [6.07, 6.45) is 0. The molecule has 0 saturated carbocycles. The van der Waals surface area contributed by atoms with Gasteiger partial charge >= 0.3 is 0 Å². The van der Waals surface area contributed by atoms with Gasteiger partial charge in [0.25, 0.3) is 0 Å². The van der Waals surface area contributed by atoms with Crippen LogP contribution in [0.4, 0.5) is 0 Å². The number of allylic oxidation sites excluding steroid dienone is 1. The van der Waals surface area contributed by atoms with E-state index < -0.39 is 7.26 Å². The zero-order chi connectivity index (χ0) is 22.2. The van der Waals surface area contributed by atoms with Crippen molar-refractivity contribution in [2.24, 2.45) is 5.10 Å². The molecule has 4 aromatic carbocycles. The second-order valence-corrected chi connectivity index (χ2v) is 11.0. The average molecular weight is 515 g/mol. The van der Waals surface area contributed by atoms with Gasteiger partial charge in [0.2, 0.25) is 0 Å². The van der Waals surface area contributed by atoms with Gasteiger partial charge in [-0.1, -0.05) is 84.9 Å². The molecule has 0 bridgehead atoms. The monoisotopic (exact) mass is 514 g/mol. The van der Waals surface area contributed by atoms with Crippen LogP contribution in [-0.2, 0) is 0 Å². The quantitative estimate of drug-likeness (QED) is 0.229. The normalized spacial score (nSPS) is 12.1. The number of nitrogens with zero attached hydrogens (tertiary/aromatic N) is 1. The molecule has 0 aromatic heterocycles. The number of nitrogens with one attached hydrogen (secondary N) is 1. The molecule has 0 aliphatic rings. The van der Waals surface area contributed by atoms with E-state index in [1.165, 1.54) is 15.9 Å². The summed E-state index contributed by atoms with van der Waals surface area (Å²) in [5, 5.41) is 8.64. The maximum atomic E-state index is 4.68. The summed E-state index contributed by atoms with van der Waals surface area (Å²) in [6, 6.07) is 42.7. The zero-order valence-electron chi connectivity index (χ0n) is 18.9. The third-order valence-corrected chi connectivity index (χ3v) is 9.58. The minimum absolute atomic E-state index is 0. The van der Waals surface area contributed by atoms with Crippen molar-refractivity contribution in [3.63, 3.8) is 0 Å². The van der Waals surface area contributed by atoms with Gasteiger partial charge in [-0.3, -0.25) is 5.43 Å². The van der Waals surface area contributed by atoms with E-state index in [0.29, 0.717) is 0 Å². The van der Waals surface area contributed by atoms with Crippen LogP contribution in [-0.4, -0.2) is 5.71 Å². The van der Waals surface area contributed by atoms with Crippen molar-refractivity contribution in [3.8, 4) is 0 Å². The summed E-state index contributed by atoms with van der Waals surface area (Å²) in [7, 11) is -2.04. The van der Waals surface area contributed by atoms with Crippen LogP contribution >= 0.6 is 7.26 Å². The Labute approximate surface area is 208 Å². The van der Waals surface area contributed by atoms with E-state index in [1.807, 2.05) is 25.1 Å². The molecule has 1 N–H and O–H groups in total. The molecular formula is C29H28BrN2P.